The molecule has 0 fully saturated rings. The number of pyridine rings is 1. The first-order valence-corrected chi connectivity index (χ1v) is 9.41. The number of thioether (sulfide) groups is 1. The smallest absolute Gasteiger partial charge is 0.234 e. The zero-order valence-electron chi connectivity index (χ0n) is 14.0. The summed E-state index contributed by atoms with van der Waals surface area (Å²) in [5.74, 6) is 1.45. The van der Waals surface area contributed by atoms with Crippen molar-refractivity contribution in [3.8, 4) is 5.75 Å². The number of aromatic nitrogens is 1. The van der Waals surface area contributed by atoms with Gasteiger partial charge in [-0.3, -0.25) is 9.59 Å². The van der Waals surface area contributed by atoms with Gasteiger partial charge in [-0.2, -0.15) is 0 Å². The molecule has 0 atom stereocenters. The number of H-pyrrole nitrogens is 1. The molecule has 0 aliphatic heterocycles. The van der Waals surface area contributed by atoms with Crippen LogP contribution in [0.3, 0.4) is 0 Å². The lowest BCUT2D eigenvalue weighted by Crippen LogP contribution is -2.14. The van der Waals surface area contributed by atoms with Crippen LogP contribution in [0.4, 0.5) is 5.69 Å². The third-order valence-electron chi connectivity index (χ3n) is 3.71. The van der Waals surface area contributed by atoms with Gasteiger partial charge in [0.1, 0.15) is 5.75 Å². The van der Waals surface area contributed by atoms with Gasteiger partial charge in [0.25, 0.3) is 0 Å². The van der Waals surface area contributed by atoms with Crippen molar-refractivity contribution < 1.29 is 9.53 Å². The lowest BCUT2D eigenvalue weighted by molar-refractivity contribution is -0.113. The number of halogens is 1. The lowest BCUT2D eigenvalue weighted by Gasteiger charge is -2.07. The molecule has 26 heavy (non-hydrogen) atoms. The Labute approximate surface area is 159 Å². The predicted octanol–water partition coefficient (Wildman–Crippen LogP) is 4.06. The molecule has 2 aromatic carbocycles. The fourth-order valence-corrected chi connectivity index (χ4v) is 3.38. The van der Waals surface area contributed by atoms with Gasteiger partial charge >= 0.3 is 0 Å². The summed E-state index contributed by atoms with van der Waals surface area (Å²) in [5, 5.41) is 3.91. The Morgan fingerprint density at radius 3 is 2.69 bits per heavy atom. The van der Waals surface area contributed by atoms with Crippen molar-refractivity contribution >= 4 is 45.9 Å². The molecule has 2 N–H and O–H groups in total. The number of fused-ring (bicyclic) bond motifs is 1. The Bertz CT molecular complexity index is 986. The first kappa shape index (κ1) is 18.4. The number of hydrogen-bond acceptors (Lipinski definition) is 4. The Kier molecular flexibility index (Phi) is 5.85. The van der Waals surface area contributed by atoms with Crippen molar-refractivity contribution in [2.75, 3.05) is 18.2 Å². The molecular weight excluding hydrogens is 372 g/mol. The van der Waals surface area contributed by atoms with Gasteiger partial charge in [-0.05, 0) is 42.5 Å². The molecule has 0 bridgehead atoms. The zero-order valence-corrected chi connectivity index (χ0v) is 15.6. The van der Waals surface area contributed by atoms with Gasteiger partial charge in [0.05, 0.1) is 12.9 Å². The second kappa shape index (κ2) is 8.29. The number of anilines is 1. The van der Waals surface area contributed by atoms with E-state index >= 15 is 0 Å². The Balaban J connectivity index is 1.57. The van der Waals surface area contributed by atoms with Crippen LogP contribution < -0.4 is 15.5 Å². The van der Waals surface area contributed by atoms with Crippen molar-refractivity contribution in [1.29, 1.82) is 0 Å². The van der Waals surface area contributed by atoms with E-state index in [0.717, 1.165) is 17.0 Å². The van der Waals surface area contributed by atoms with Gasteiger partial charge < -0.3 is 15.0 Å². The van der Waals surface area contributed by atoms with Crippen LogP contribution in [0, 0.1) is 0 Å². The number of nitrogens with one attached hydrogen (secondary N) is 2. The number of amides is 1. The molecule has 0 aliphatic rings. The van der Waals surface area contributed by atoms with Crippen molar-refractivity contribution in [3.63, 3.8) is 0 Å². The van der Waals surface area contributed by atoms with E-state index in [2.05, 4.69) is 10.3 Å². The van der Waals surface area contributed by atoms with Gasteiger partial charge in [0, 0.05) is 39.1 Å². The minimum absolute atomic E-state index is 0.0838. The summed E-state index contributed by atoms with van der Waals surface area (Å²) >= 11 is 7.35. The molecule has 3 rings (SSSR count). The van der Waals surface area contributed by atoms with Gasteiger partial charge in [0.2, 0.25) is 5.91 Å². The van der Waals surface area contributed by atoms with E-state index in [1.165, 1.54) is 11.8 Å². The van der Waals surface area contributed by atoms with Crippen LogP contribution in [0.25, 0.3) is 10.9 Å². The molecule has 0 aliphatic carbocycles. The maximum Gasteiger partial charge on any atom is 0.234 e. The summed E-state index contributed by atoms with van der Waals surface area (Å²) in [5.41, 5.74) is 2.14. The number of aromatic amines is 1. The molecule has 0 radical (unpaired) electrons. The first-order valence-electron chi connectivity index (χ1n) is 7.88. The molecule has 7 heteroatoms. The lowest BCUT2D eigenvalue weighted by atomic mass is 10.2. The highest BCUT2D eigenvalue weighted by molar-refractivity contribution is 7.99. The standard InChI is InChI=1S/C19H17ClN2O3S/c1-25-15-5-3-13(4-6-15)22-19(24)11-26-10-14-9-18(23)16-8-12(20)2-7-17(16)21-14/h2-9H,10-11H2,1H3,(H,21,23)(H,22,24). The fourth-order valence-electron chi connectivity index (χ4n) is 2.48. The summed E-state index contributed by atoms with van der Waals surface area (Å²) < 4.78 is 5.08. The molecule has 5 nitrogen and oxygen atoms in total. The maximum atomic E-state index is 12.2. The minimum atomic E-state index is -0.102. The van der Waals surface area contributed by atoms with Gasteiger partial charge in [-0.25, -0.2) is 0 Å². The van der Waals surface area contributed by atoms with Gasteiger partial charge in [0.15, 0.2) is 5.43 Å². The Hall–Kier alpha value is -2.44. The Morgan fingerprint density at radius 1 is 1.19 bits per heavy atom. The van der Waals surface area contributed by atoms with E-state index < -0.39 is 0 Å². The number of rotatable bonds is 6. The number of benzene rings is 2. The first-order chi connectivity index (χ1) is 12.5. The van der Waals surface area contributed by atoms with Crippen LogP contribution in [-0.2, 0) is 10.5 Å². The average molecular weight is 389 g/mol. The summed E-state index contributed by atoms with van der Waals surface area (Å²) in [6.45, 7) is 0. The average Bonchev–Trinajstić information content (AvgIpc) is 2.63. The second-order valence-corrected chi connectivity index (χ2v) is 7.04. The van der Waals surface area contributed by atoms with Crippen LogP contribution in [0.5, 0.6) is 5.75 Å². The van der Waals surface area contributed by atoms with Gasteiger partial charge in [-0.15, -0.1) is 11.8 Å². The highest BCUT2D eigenvalue weighted by Crippen LogP contribution is 2.18. The number of ether oxygens (including phenoxy) is 1. The number of carbonyl (C=O) groups excluding carboxylic acids is 1. The summed E-state index contributed by atoms with van der Waals surface area (Å²) in [6, 6.07) is 13.9. The van der Waals surface area contributed by atoms with E-state index in [-0.39, 0.29) is 17.1 Å². The molecule has 0 unspecified atom stereocenters. The molecule has 1 aromatic heterocycles. The van der Waals surface area contributed by atoms with Crippen molar-refractivity contribution in [1.82, 2.24) is 4.98 Å². The van der Waals surface area contributed by atoms with Crippen LogP contribution >= 0.6 is 23.4 Å². The molecule has 1 heterocycles. The van der Waals surface area contributed by atoms with Crippen LogP contribution in [0.15, 0.2) is 53.3 Å². The normalized spacial score (nSPS) is 10.7. The van der Waals surface area contributed by atoms with Crippen LogP contribution in [0.1, 0.15) is 5.69 Å². The fraction of sp³-hybridized carbons (Fsp3) is 0.158. The van der Waals surface area contributed by atoms with E-state index in [4.69, 9.17) is 16.3 Å². The number of hydrogen-bond donors (Lipinski definition) is 2. The van der Waals surface area contributed by atoms with Crippen molar-refractivity contribution in [2.45, 2.75) is 5.75 Å². The minimum Gasteiger partial charge on any atom is -0.497 e. The molecular formula is C19H17ClN2O3S. The quantitative estimate of drug-likeness (QED) is 0.668. The van der Waals surface area contributed by atoms with Crippen molar-refractivity contribution in [2.24, 2.45) is 0 Å². The number of carbonyl (C=O) groups is 1. The molecule has 0 saturated carbocycles. The summed E-state index contributed by atoms with van der Waals surface area (Å²) in [4.78, 5) is 27.4. The van der Waals surface area contributed by atoms with E-state index in [0.29, 0.717) is 21.8 Å². The number of methoxy groups -OCH3 is 1. The van der Waals surface area contributed by atoms with Crippen LogP contribution in [0.2, 0.25) is 5.02 Å². The molecule has 134 valence electrons. The largest absolute Gasteiger partial charge is 0.497 e. The molecule has 0 spiro atoms. The predicted molar refractivity (Wildman–Crippen MR) is 107 cm³/mol. The monoisotopic (exact) mass is 388 g/mol. The van der Waals surface area contributed by atoms with Crippen LogP contribution in [-0.4, -0.2) is 23.8 Å². The highest BCUT2D eigenvalue weighted by Gasteiger charge is 2.06. The third kappa shape index (κ3) is 4.59. The van der Waals surface area contributed by atoms with Crippen molar-refractivity contribution in [3.05, 3.63) is 69.5 Å². The van der Waals surface area contributed by atoms with E-state index in [1.54, 1.807) is 55.6 Å². The van der Waals surface area contributed by atoms with E-state index in [1.807, 2.05) is 0 Å². The van der Waals surface area contributed by atoms with Gasteiger partial charge in [-0.1, -0.05) is 11.6 Å². The molecule has 0 saturated heterocycles. The molecule has 3 aromatic rings. The Morgan fingerprint density at radius 2 is 1.96 bits per heavy atom. The topological polar surface area (TPSA) is 71.2 Å². The summed E-state index contributed by atoms with van der Waals surface area (Å²) in [6.07, 6.45) is 0. The third-order valence-corrected chi connectivity index (χ3v) is 4.93. The molecule has 1 amide bonds. The maximum absolute atomic E-state index is 12.2. The second-order valence-electron chi connectivity index (χ2n) is 5.62. The highest BCUT2D eigenvalue weighted by atomic mass is 35.5. The summed E-state index contributed by atoms with van der Waals surface area (Å²) in [7, 11) is 1.59. The van der Waals surface area contributed by atoms with E-state index in [9.17, 15) is 9.59 Å². The zero-order chi connectivity index (χ0) is 18.5. The SMILES string of the molecule is COc1ccc(NC(=O)CSCc2cc(=O)c3cc(Cl)ccc3[nH]2)cc1.